The summed E-state index contributed by atoms with van der Waals surface area (Å²) in [6.45, 7) is 3.81. The number of rotatable bonds is 54. The summed E-state index contributed by atoms with van der Waals surface area (Å²) < 4.78 is 11.3. The van der Waals surface area contributed by atoms with Crippen molar-refractivity contribution in [3.05, 3.63) is 24.3 Å². The third kappa shape index (κ3) is 41.6. The minimum Gasteiger partial charge on any atom is -0.394 e. The Morgan fingerprint density at radius 2 is 0.803 bits per heavy atom. The molecule has 420 valence electrons. The SMILES string of the molecule is CCCCCCCCCCCCCCCCC/C=C/CC/C=C/C(O)C(COC1OC(CO)C(O)C(O)C1O)NC(=O)CCCCCCCCCCCCCCCCCCCCCCCCCCCCC. The van der Waals surface area contributed by atoms with Crippen LogP contribution in [0.5, 0.6) is 0 Å². The van der Waals surface area contributed by atoms with E-state index in [1.54, 1.807) is 6.08 Å². The van der Waals surface area contributed by atoms with Gasteiger partial charge in [0.15, 0.2) is 6.29 Å². The maximum atomic E-state index is 13.1. The highest BCUT2D eigenvalue weighted by Crippen LogP contribution is 2.23. The van der Waals surface area contributed by atoms with Crippen LogP contribution in [0.1, 0.15) is 309 Å². The number of allylic oxidation sites excluding steroid dienone is 3. The predicted molar refractivity (Wildman–Crippen MR) is 300 cm³/mol. The van der Waals surface area contributed by atoms with Gasteiger partial charge in [0.2, 0.25) is 5.91 Å². The second kappa shape index (κ2) is 52.1. The molecule has 0 saturated carbocycles. The molecule has 0 bridgehead atoms. The fraction of sp³-hybridized carbons (Fsp3) is 0.919. The molecule has 1 aliphatic heterocycles. The molecule has 1 rings (SSSR count). The maximum Gasteiger partial charge on any atom is 0.220 e. The van der Waals surface area contributed by atoms with E-state index in [9.17, 15) is 30.3 Å². The van der Waals surface area contributed by atoms with Crippen molar-refractivity contribution in [2.24, 2.45) is 0 Å². The Morgan fingerprint density at radius 3 is 1.18 bits per heavy atom. The topological polar surface area (TPSA) is 149 Å². The number of hydrogen-bond acceptors (Lipinski definition) is 8. The summed E-state index contributed by atoms with van der Waals surface area (Å²) >= 11 is 0. The normalized spacial score (nSPS) is 19.3. The van der Waals surface area contributed by atoms with Gasteiger partial charge in [0, 0.05) is 6.42 Å². The number of nitrogens with one attached hydrogen (secondary N) is 1. The first-order valence-corrected chi connectivity index (χ1v) is 31.1. The summed E-state index contributed by atoms with van der Waals surface area (Å²) in [5, 5.41) is 54.6. The molecule has 6 N–H and O–H groups in total. The van der Waals surface area contributed by atoms with Gasteiger partial charge in [-0.1, -0.05) is 295 Å². The zero-order valence-electron chi connectivity index (χ0n) is 46.8. The van der Waals surface area contributed by atoms with Crippen LogP contribution in [0.4, 0.5) is 0 Å². The van der Waals surface area contributed by atoms with Crippen molar-refractivity contribution < 1.29 is 39.8 Å². The highest BCUT2D eigenvalue weighted by molar-refractivity contribution is 5.76. The van der Waals surface area contributed by atoms with Crippen LogP contribution in [-0.4, -0.2) is 87.5 Å². The van der Waals surface area contributed by atoms with Gasteiger partial charge in [-0.2, -0.15) is 0 Å². The second-order valence-corrected chi connectivity index (χ2v) is 21.9. The first-order valence-electron chi connectivity index (χ1n) is 31.1. The van der Waals surface area contributed by atoms with Gasteiger partial charge < -0.3 is 40.3 Å². The van der Waals surface area contributed by atoms with E-state index in [4.69, 9.17) is 9.47 Å². The molecule has 71 heavy (non-hydrogen) atoms. The number of ether oxygens (including phenoxy) is 2. The van der Waals surface area contributed by atoms with E-state index in [1.807, 2.05) is 6.08 Å². The van der Waals surface area contributed by atoms with Gasteiger partial charge in [-0.3, -0.25) is 4.79 Å². The molecule has 0 aromatic heterocycles. The zero-order valence-corrected chi connectivity index (χ0v) is 46.8. The number of unbranched alkanes of at least 4 members (excludes halogenated alkanes) is 42. The van der Waals surface area contributed by atoms with E-state index in [-0.39, 0.29) is 12.5 Å². The number of hydrogen-bond donors (Lipinski definition) is 6. The van der Waals surface area contributed by atoms with E-state index >= 15 is 0 Å². The van der Waals surface area contributed by atoms with Crippen molar-refractivity contribution in [3.63, 3.8) is 0 Å². The quantitative estimate of drug-likeness (QED) is 0.0261. The van der Waals surface area contributed by atoms with Gasteiger partial charge in [0.1, 0.15) is 24.4 Å². The fourth-order valence-corrected chi connectivity index (χ4v) is 10.1. The predicted octanol–water partition coefficient (Wildman–Crippen LogP) is 15.7. The molecule has 1 amide bonds. The number of aliphatic hydroxyl groups excluding tert-OH is 5. The summed E-state index contributed by atoms with van der Waals surface area (Å²) in [6, 6.07) is -0.819. The Labute approximate surface area is 439 Å². The maximum absolute atomic E-state index is 13.1. The molecule has 0 spiro atoms. The van der Waals surface area contributed by atoms with Crippen LogP contribution in [-0.2, 0) is 14.3 Å². The number of aliphatic hydroxyl groups is 5. The molecule has 0 aromatic carbocycles. The van der Waals surface area contributed by atoms with Gasteiger partial charge in [0.05, 0.1) is 25.4 Å². The van der Waals surface area contributed by atoms with Crippen LogP contribution in [0.25, 0.3) is 0 Å². The fourth-order valence-electron chi connectivity index (χ4n) is 10.1. The Kier molecular flexibility index (Phi) is 49.7. The lowest BCUT2D eigenvalue weighted by molar-refractivity contribution is -0.302. The molecule has 9 nitrogen and oxygen atoms in total. The summed E-state index contributed by atoms with van der Waals surface area (Å²) in [5.74, 6) is -0.179. The van der Waals surface area contributed by atoms with Crippen LogP contribution in [0.15, 0.2) is 24.3 Å². The lowest BCUT2D eigenvalue weighted by Gasteiger charge is -2.40. The summed E-state index contributed by atoms with van der Waals surface area (Å²) in [6.07, 6.45) is 59.8. The van der Waals surface area contributed by atoms with Crippen LogP contribution < -0.4 is 5.32 Å². The molecule has 7 atom stereocenters. The lowest BCUT2D eigenvalue weighted by Crippen LogP contribution is -2.60. The smallest absolute Gasteiger partial charge is 0.220 e. The Bertz CT molecular complexity index is 1170. The minimum absolute atomic E-state index is 0.179. The minimum atomic E-state index is -1.57. The first-order chi connectivity index (χ1) is 34.8. The van der Waals surface area contributed by atoms with Gasteiger partial charge in [0.25, 0.3) is 0 Å². The van der Waals surface area contributed by atoms with Crippen molar-refractivity contribution in [3.8, 4) is 0 Å². The Balaban J connectivity index is 2.19. The average Bonchev–Trinajstić information content (AvgIpc) is 3.37. The molecule has 1 fully saturated rings. The molecule has 1 aliphatic rings. The van der Waals surface area contributed by atoms with Crippen molar-refractivity contribution in [1.29, 1.82) is 0 Å². The molecule has 1 heterocycles. The van der Waals surface area contributed by atoms with Crippen molar-refractivity contribution in [2.75, 3.05) is 13.2 Å². The van der Waals surface area contributed by atoms with Gasteiger partial charge in [-0.25, -0.2) is 0 Å². The monoisotopic (exact) mass is 1010 g/mol. The largest absolute Gasteiger partial charge is 0.394 e. The van der Waals surface area contributed by atoms with Gasteiger partial charge in [-0.15, -0.1) is 0 Å². The van der Waals surface area contributed by atoms with Crippen LogP contribution >= 0.6 is 0 Å². The molecule has 0 aromatic rings. The van der Waals surface area contributed by atoms with Crippen LogP contribution in [0.2, 0.25) is 0 Å². The van der Waals surface area contributed by atoms with E-state index in [1.165, 1.54) is 250 Å². The van der Waals surface area contributed by atoms with Crippen molar-refractivity contribution >= 4 is 5.91 Å². The Morgan fingerprint density at radius 1 is 0.465 bits per heavy atom. The lowest BCUT2D eigenvalue weighted by atomic mass is 9.99. The molecular weight excluding hydrogens is 887 g/mol. The van der Waals surface area contributed by atoms with Crippen LogP contribution in [0.3, 0.4) is 0 Å². The molecule has 9 heteroatoms. The van der Waals surface area contributed by atoms with Gasteiger partial charge >= 0.3 is 0 Å². The molecule has 7 unspecified atom stereocenters. The molecule has 1 saturated heterocycles. The van der Waals surface area contributed by atoms with Crippen LogP contribution in [0, 0.1) is 0 Å². The summed E-state index contributed by atoms with van der Waals surface area (Å²) in [4.78, 5) is 13.1. The highest BCUT2D eigenvalue weighted by Gasteiger charge is 2.44. The zero-order chi connectivity index (χ0) is 51.5. The van der Waals surface area contributed by atoms with E-state index in [0.29, 0.717) is 6.42 Å². The molecular formula is C62H119NO8. The number of carbonyl (C=O) groups is 1. The highest BCUT2D eigenvalue weighted by atomic mass is 16.7. The van der Waals surface area contributed by atoms with E-state index < -0.39 is 49.5 Å². The standard InChI is InChI=1S/C62H119NO8/c1-3-5-7-9-11-13-15-17-19-21-23-25-26-27-28-29-30-32-34-36-38-40-42-44-46-48-50-52-58(66)63-55(54-70-62-61(69)60(68)59(67)57(53-64)71-62)56(65)51-49-47-45-43-41-39-37-35-33-31-24-22-20-18-16-14-12-10-8-6-4-2/h41,43,49,51,55-57,59-62,64-65,67-69H,3-40,42,44-48,50,52-54H2,1-2H3,(H,63,66)/b43-41+,51-49+. The van der Waals surface area contributed by atoms with Gasteiger partial charge in [-0.05, 0) is 32.1 Å². The van der Waals surface area contributed by atoms with E-state index in [2.05, 4.69) is 31.3 Å². The molecule has 0 radical (unpaired) electrons. The third-order valence-electron chi connectivity index (χ3n) is 15.0. The molecule has 0 aliphatic carbocycles. The van der Waals surface area contributed by atoms with Crippen molar-refractivity contribution in [1.82, 2.24) is 5.32 Å². The number of carbonyl (C=O) groups excluding carboxylic acids is 1. The summed E-state index contributed by atoms with van der Waals surface area (Å²) in [5.41, 5.74) is 0. The average molecular weight is 1010 g/mol. The number of amides is 1. The summed E-state index contributed by atoms with van der Waals surface area (Å²) in [7, 11) is 0. The first kappa shape index (κ1) is 67.7. The second-order valence-electron chi connectivity index (χ2n) is 21.9. The van der Waals surface area contributed by atoms with Crippen molar-refractivity contribution in [2.45, 2.75) is 352 Å². The Hall–Kier alpha value is -1.33. The van der Waals surface area contributed by atoms with E-state index in [0.717, 1.165) is 38.5 Å². The third-order valence-corrected chi connectivity index (χ3v) is 15.0.